The number of halogens is 2. The normalized spacial score (nSPS) is 11.9. The summed E-state index contributed by atoms with van der Waals surface area (Å²) in [6.07, 6.45) is 1.65. The Balaban J connectivity index is -0.000000376. The van der Waals surface area contributed by atoms with Gasteiger partial charge in [-0.1, -0.05) is 13.3 Å². The van der Waals surface area contributed by atoms with Crippen LogP contribution in [0.5, 0.6) is 0 Å². The molecule has 0 aromatic carbocycles. The second kappa shape index (κ2) is 11.6. The summed E-state index contributed by atoms with van der Waals surface area (Å²) in [5.41, 5.74) is 0. The van der Waals surface area contributed by atoms with E-state index in [1.165, 1.54) is 0 Å². The summed E-state index contributed by atoms with van der Waals surface area (Å²) in [4.78, 5) is 10.2. The van der Waals surface area contributed by atoms with Crippen molar-refractivity contribution in [1.29, 1.82) is 0 Å². The number of hydrogen-bond donors (Lipinski definition) is 0. The molecule has 80 valence electrons. The topological polar surface area (TPSA) is 40.1 Å². The van der Waals surface area contributed by atoms with Gasteiger partial charge in [-0.15, -0.1) is 0 Å². The fraction of sp³-hybridized carbons (Fsp3) is 0.889. The Bertz CT molecular complexity index is 126. The molecule has 0 spiro atoms. The fourth-order valence-corrected chi connectivity index (χ4v) is 1.05. The van der Waals surface area contributed by atoms with Crippen LogP contribution in [0, 0.1) is 5.92 Å². The quantitative estimate of drug-likeness (QED) is 0.422. The minimum atomic E-state index is -2.71. The zero-order valence-corrected chi connectivity index (χ0v) is 11.3. The van der Waals surface area contributed by atoms with Gasteiger partial charge in [-0.25, -0.2) is 8.78 Å². The molecule has 0 rings (SSSR count). The Morgan fingerprint density at radius 3 is 2.07 bits per heavy atom. The average Bonchev–Trinajstić information content (AvgIpc) is 2.05. The van der Waals surface area contributed by atoms with E-state index in [0.717, 1.165) is 20.5 Å². The summed E-state index contributed by atoms with van der Waals surface area (Å²) >= 11 is 0. The fourth-order valence-electron chi connectivity index (χ4n) is 1.05. The summed E-state index contributed by atoms with van der Waals surface area (Å²) in [6, 6.07) is 0. The van der Waals surface area contributed by atoms with E-state index >= 15 is 0 Å². The van der Waals surface area contributed by atoms with Crippen LogP contribution in [-0.4, -0.2) is 19.3 Å². The second-order valence-corrected chi connectivity index (χ2v) is 2.96. The largest absolute Gasteiger partial charge is 1.00 e. The Kier molecular flexibility index (Phi) is 16.5. The molecule has 0 heterocycles. The molecular weight excluding hydrogens is 201 g/mol. The number of rotatable bonds is 5. The third kappa shape index (κ3) is 15.0. The molecule has 1 unspecified atom stereocenters. The van der Waals surface area contributed by atoms with Crippen LogP contribution in [0.15, 0.2) is 0 Å². The molecule has 0 saturated carbocycles. The van der Waals surface area contributed by atoms with Crippen molar-refractivity contribution in [2.75, 3.05) is 7.11 Å². The van der Waals surface area contributed by atoms with Gasteiger partial charge in [-0.2, -0.15) is 7.11 Å². The van der Waals surface area contributed by atoms with Crippen LogP contribution >= 0.6 is 0 Å². The Morgan fingerprint density at radius 1 is 1.43 bits per heavy atom. The van der Waals surface area contributed by atoms with Crippen molar-refractivity contribution in [3.8, 4) is 0 Å². The molecule has 1 atom stereocenters. The van der Waals surface area contributed by atoms with Crippen molar-refractivity contribution in [2.45, 2.75) is 39.0 Å². The molecule has 5 heteroatoms. The van der Waals surface area contributed by atoms with E-state index in [2.05, 4.69) is 0 Å². The van der Waals surface area contributed by atoms with Crippen molar-refractivity contribution in [1.82, 2.24) is 0 Å². The smallest absolute Gasteiger partial charge is 0.857 e. The van der Waals surface area contributed by atoms with Gasteiger partial charge in [0.15, 0.2) is 0 Å². The molecule has 0 fully saturated rings. The maximum absolute atomic E-state index is 12.3. The number of carbonyl (C=O) groups excluding carboxylic acids is 1. The van der Waals surface area contributed by atoms with Gasteiger partial charge in [-0.05, 0) is 13.3 Å². The molecule has 2 nitrogen and oxygen atoms in total. The minimum Gasteiger partial charge on any atom is -0.857 e. The first kappa shape index (κ1) is 20.0. The molecule has 0 saturated heterocycles. The monoisotopic (exact) mass is 218 g/mol. The molecule has 0 N–H and O–H groups in total. The van der Waals surface area contributed by atoms with E-state index in [1.807, 2.05) is 6.92 Å². The van der Waals surface area contributed by atoms with E-state index in [4.69, 9.17) is 5.11 Å². The van der Waals surface area contributed by atoms with Crippen molar-refractivity contribution >= 4 is 6.29 Å². The summed E-state index contributed by atoms with van der Waals surface area (Å²) in [5.74, 6) is -3.18. The number of alkyl halides is 2. The molecule has 0 aliphatic heterocycles. The van der Waals surface area contributed by atoms with Crippen LogP contribution in [0.3, 0.4) is 0 Å². The van der Waals surface area contributed by atoms with E-state index in [-0.39, 0.29) is 36.0 Å². The first-order chi connectivity index (χ1) is 5.99. The average molecular weight is 218 g/mol. The van der Waals surface area contributed by atoms with Crippen molar-refractivity contribution < 1.29 is 48.2 Å². The van der Waals surface area contributed by atoms with Crippen molar-refractivity contribution in [3.63, 3.8) is 0 Å². The third-order valence-electron chi connectivity index (χ3n) is 1.47. The third-order valence-corrected chi connectivity index (χ3v) is 1.47. The maximum atomic E-state index is 12.3. The summed E-state index contributed by atoms with van der Waals surface area (Å²) in [5, 5.41) is 8.25. The van der Waals surface area contributed by atoms with E-state index < -0.39 is 11.8 Å². The summed E-state index contributed by atoms with van der Waals surface area (Å²) < 4.78 is 24.6. The first-order valence-corrected chi connectivity index (χ1v) is 4.23. The molecular formula is C9H17F2NaO2. The zero-order valence-electron chi connectivity index (χ0n) is 9.35. The molecule has 0 amide bonds. The van der Waals surface area contributed by atoms with Crippen LogP contribution in [0.2, 0.25) is 0 Å². The second-order valence-electron chi connectivity index (χ2n) is 2.96. The minimum absolute atomic E-state index is 0. The molecule has 0 bridgehead atoms. The van der Waals surface area contributed by atoms with Crippen molar-refractivity contribution in [3.05, 3.63) is 0 Å². The van der Waals surface area contributed by atoms with Gasteiger partial charge in [0, 0.05) is 12.3 Å². The first-order valence-electron chi connectivity index (χ1n) is 4.23. The van der Waals surface area contributed by atoms with Crippen LogP contribution < -0.4 is 34.7 Å². The number of carbonyl (C=O) groups is 1. The maximum Gasteiger partial charge on any atom is 1.00 e. The van der Waals surface area contributed by atoms with Crippen LogP contribution in [0.1, 0.15) is 33.1 Å². The summed E-state index contributed by atoms with van der Waals surface area (Å²) in [6.45, 7) is 2.73. The molecule has 0 aliphatic rings. The molecule has 0 aromatic heterocycles. The Labute approximate surface area is 106 Å². The van der Waals surface area contributed by atoms with Gasteiger partial charge < -0.3 is 9.90 Å². The van der Waals surface area contributed by atoms with E-state index in [9.17, 15) is 13.6 Å². The molecule has 0 aromatic rings. The predicted octanol–water partition coefficient (Wildman–Crippen LogP) is -1.37. The van der Waals surface area contributed by atoms with Gasteiger partial charge >= 0.3 is 29.6 Å². The Hall–Kier alpha value is 0.490. The SMILES string of the molecule is CCCC(C=O)CC(C)(F)F.C[O-].[Na+]. The predicted molar refractivity (Wildman–Crippen MR) is 45.6 cm³/mol. The Morgan fingerprint density at radius 2 is 1.86 bits per heavy atom. The van der Waals surface area contributed by atoms with Crippen LogP contribution in [0.4, 0.5) is 8.78 Å². The van der Waals surface area contributed by atoms with Gasteiger partial charge in [0.05, 0.1) is 0 Å². The van der Waals surface area contributed by atoms with Gasteiger partial charge in [0.25, 0.3) is 0 Å². The zero-order chi connectivity index (χ0) is 10.9. The standard InChI is InChI=1S/C8H14F2O.CH3O.Na/c1-3-4-7(6-11)5-8(2,9)10;1-2;/h6-7H,3-5H2,1-2H3;1H3;/q;-1;+1. The van der Waals surface area contributed by atoms with Crippen LogP contribution in [0.25, 0.3) is 0 Å². The molecule has 14 heavy (non-hydrogen) atoms. The van der Waals surface area contributed by atoms with Gasteiger partial charge in [0.1, 0.15) is 6.29 Å². The number of aldehydes is 1. The number of hydrogen-bond acceptors (Lipinski definition) is 2. The van der Waals surface area contributed by atoms with Crippen molar-refractivity contribution in [2.24, 2.45) is 5.92 Å². The van der Waals surface area contributed by atoms with Gasteiger partial charge in [0.2, 0.25) is 5.92 Å². The molecule has 0 radical (unpaired) electrons. The summed E-state index contributed by atoms with van der Waals surface area (Å²) in [7, 11) is 0.750. The van der Waals surface area contributed by atoms with Crippen LogP contribution in [-0.2, 0) is 4.79 Å². The molecule has 0 aliphatic carbocycles. The van der Waals surface area contributed by atoms with Gasteiger partial charge in [-0.3, -0.25) is 0 Å². The van der Waals surface area contributed by atoms with E-state index in [0.29, 0.717) is 12.7 Å². The van der Waals surface area contributed by atoms with E-state index in [1.54, 1.807) is 0 Å².